The van der Waals surface area contributed by atoms with Crippen molar-refractivity contribution in [3.63, 3.8) is 0 Å². The molecular formula is C28H35N5O3. The molecule has 0 spiro atoms. The number of pyridine rings is 1. The lowest BCUT2D eigenvalue weighted by Gasteiger charge is -2.23. The molecule has 2 amide bonds. The molecule has 1 saturated heterocycles. The van der Waals surface area contributed by atoms with Crippen LogP contribution in [0.4, 0.5) is 0 Å². The molecule has 0 aliphatic carbocycles. The Morgan fingerprint density at radius 1 is 1.03 bits per heavy atom. The number of hydrogen-bond donors (Lipinski definition) is 0. The minimum atomic E-state index is -0.491. The number of carbonyl (C=O) groups excluding carboxylic acids is 2. The van der Waals surface area contributed by atoms with Gasteiger partial charge in [-0.05, 0) is 49.9 Å². The van der Waals surface area contributed by atoms with Crippen LogP contribution in [-0.4, -0.2) is 56.1 Å². The first-order chi connectivity index (χ1) is 17.4. The average molecular weight is 490 g/mol. The monoisotopic (exact) mass is 489 g/mol. The standard InChI is InChI=1S/C28H35N5O3/c1-4-21(2)32-19-24(26(34)25(20-32)28(36)31-15-7-5-6-8-16-31)27(35)30(3)18-22-10-12-23(13-11-22)33-17-9-14-29-33/h9-14,17,19-21H,4-8,15-16,18H2,1-3H3. The van der Waals surface area contributed by atoms with E-state index in [0.29, 0.717) is 19.6 Å². The number of amides is 2. The molecule has 1 fully saturated rings. The van der Waals surface area contributed by atoms with Crippen molar-refractivity contribution in [1.82, 2.24) is 24.1 Å². The van der Waals surface area contributed by atoms with E-state index in [1.54, 1.807) is 35.2 Å². The van der Waals surface area contributed by atoms with Gasteiger partial charge >= 0.3 is 0 Å². The van der Waals surface area contributed by atoms with Crippen LogP contribution in [0.25, 0.3) is 5.69 Å². The van der Waals surface area contributed by atoms with Crippen molar-refractivity contribution < 1.29 is 9.59 Å². The van der Waals surface area contributed by atoms with Crippen LogP contribution >= 0.6 is 0 Å². The molecule has 0 bridgehead atoms. The van der Waals surface area contributed by atoms with Crippen molar-refractivity contribution in [2.75, 3.05) is 20.1 Å². The summed E-state index contributed by atoms with van der Waals surface area (Å²) in [7, 11) is 1.68. The van der Waals surface area contributed by atoms with Gasteiger partial charge in [0, 0.05) is 57.5 Å². The van der Waals surface area contributed by atoms with E-state index in [0.717, 1.165) is 43.4 Å². The fraction of sp³-hybridized carbons (Fsp3) is 0.429. The molecule has 0 radical (unpaired) electrons. The Kier molecular flexibility index (Phi) is 8.03. The van der Waals surface area contributed by atoms with Gasteiger partial charge in [0.05, 0.1) is 5.69 Å². The van der Waals surface area contributed by atoms with Gasteiger partial charge in [-0.15, -0.1) is 0 Å². The molecule has 3 aromatic rings. The van der Waals surface area contributed by atoms with Gasteiger partial charge in [0.1, 0.15) is 11.1 Å². The zero-order valence-electron chi connectivity index (χ0n) is 21.4. The Balaban J connectivity index is 1.60. The molecule has 1 unspecified atom stereocenters. The molecular weight excluding hydrogens is 454 g/mol. The summed E-state index contributed by atoms with van der Waals surface area (Å²) in [6, 6.07) is 9.68. The Labute approximate surface area is 212 Å². The van der Waals surface area contributed by atoms with Gasteiger partial charge in [-0.3, -0.25) is 14.4 Å². The van der Waals surface area contributed by atoms with E-state index in [4.69, 9.17) is 0 Å². The van der Waals surface area contributed by atoms with Crippen LogP contribution in [0.3, 0.4) is 0 Å². The van der Waals surface area contributed by atoms with E-state index in [1.165, 1.54) is 4.90 Å². The Hall–Kier alpha value is -3.68. The van der Waals surface area contributed by atoms with Gasteiger partial charge in [-0.25, -0.2) is 4.68 Å². The molecule has 1 aliphatic rings. The molecule has 2 aromatic heterocycles. The summed E-state index contributed by atoms with van der Waals surface area (Å²) in [5, 5.41) is 4.23. The first-order valence-electron chi connectivity index (χ1n) is 12.8. The minimum absolute atomic E-state index is 0.0339. The predicted octanol–water partition coefficient (Wildman–Crippen LogP) is 4.29. The van der Waals surface area contributed by atoms with Gasteiger partial charge in [-0.2, -0.15) is 5.10 Å². The van der Waals surface area contributed by atoms with E-state index >= 15 is 0 Å². The second kappa shape index (κ2) is 11.4. The minimum Gasteiger partial charge on any atom is -0.350 e. The van der Waals surface area contributed by atoms with Crippen molar-refractivity contribution >= 4 is 11.8 Å². The maximum absolute atomic E-state index is 13.5. The zero-order chi connectivity index (χ0) is 25.7. The highest BCUT2D eigenvalue weighted by Gasteiger charge is 2.26. The van der Waals surface area contributed by atoms with Crippen LogP contribution in [-0.2, 0) is 6.54 Å². The van der Waals surface area contributed by atoms with Gasteiger partial charge < -0.3 is 14.4 Å². The number of aromatic nitrogens is 3. The highest BCUT2D eigenvalue weighted by Crippen LogP contribution is 2.17. The topological polar surface area (TPSA) is 80.4 Å². The van der Waals surface area contributed by atoms with Crippen molar-refractivity contribution in [1.29, 1.82) is 0 Å². The second-order valence-corrected chi connectivity index (χ2v) is 9.60. The third-order valence-electron chi connectivity index (χ3n) is 6.97. The van der Waals surface area contributed by atoms with Crippen LogP contribution in [0.2, 0.25) is 0 Å². The second-order valence-electron chi connectivity index (χ2n) is 9.60. The fourth-order valence-corrected chi connectivity index (χ4v) is 4.54. The number of nitrogens with zero attached hydrogens (tertiary/aromatic N) is 5. The average Bonchev–Trinajstić information content (AvgIpc) is 3.30. The van der Waals surface area contributed by atoms with Crippen LogP contribution in [0.15, 0.2) is 59.9 Å². The number of carbonyl (C=O) groups is 2. The number of likely N-dealkylation sites (tertiary alicyclic amines) is 1. The highest BCUT2D eigenvalue weighted by atomic mass is 16.2. The Morgan fingerprint density at radius 3 is 2.31 bits per heavy atom. The van der Waals surface area contributed by atoms with Gasteiger partial charge in [-0.1, -0.05) is 31.9 Å². The molecule has 1 aromatic carbocycles. The molecule has 36 heavy (non-hydrogen) atoms. The van der Waals surface area contributed by atoms with Crippen LogP contribution < -0.4 is 5.43 Å². The summed E-state index contributed by atoms with van der Waals surface area (Å²) >= 11 is 0. The van der Waals surface area contributed by atoms with E-state index in [-0.39, 0.29) is 23.1 Å². The number of benzene rings is 1. The maximum Gasteiger partial charge on any atom is 0.259 e. The lowest BCUT2D eigenvalue weighted by atomic mass is 10.1. The highest BCUT2D eigenvalue weighted by molar-refractivity contribution is 5.99. The third-order valence-corrected chi connectivity index (χ3v) is 6.97. The van der Waals surface area contributed by atoms with Crippen molar-refractivity contribution in [2.45, 2.75) is 58.5 Å². The van der Waals surface area contributed by atoms with Crippen LogP contribution in [0, 0.1) is 0 Å². The normalized spacial score (nSPS) is 14.8. The summed E-state index contributed by atoms with van der Waals surface area (Å²) in [5.74, 6) is -0.663. The summed E-state index contributed by atoms with van der Waals surface area (Å²) in [6.45, 7) is 5.69. The first-order valence-corrected chi connectivity index (χ1v) is 12.8. The third kappa shape index (κ3) is 5.58. The quantitative estimate of drug-likeness (QED) is 0.496. The zero-order valence-corrected chi connectivity index (χ0v) is 21.4. The van der Waals surface area contributed by atoms with Gasteiger partial charge in [0.25, 0.3) is 11.8 Å². The SMILES string of the molecule is CCC(C)n1cc(C(=O)N(C)Cc2ccc(-n3cccn3)cc2)c(=O)c(C(=O)N2CCCCCC2)c1. The predicted molar refractivity (Wildman–Crippen MR) is 139 cm³/mol. The first kappa shape index (κ1) is 25.4. The molecule has 190 valence electrons. The maximum atomic E-state index is 13.5. The number of rotatable bonds is 7. The summed E-state index contributed by atoms with van der Waals surface area (Å²) in [6.07, 6.45) is 11.7. The Bertz CT molecular complexity index is 1240. The van der Waals surface area contributed by atoms with E-state index in [1.807, 2.05) is 54.9 Å². The molecule has 3 heterocycles. The molecule has 0 N–H and O–H groups in total. The van der Waals surface area contributed by atoms with Crippen molar-refractivity contribution in [3.05, 3.63) is 82.0 Å². The summed E-state index contributed by atoms with van der Waals surface area (Å²) in [4.78, 5) is 43.6. The molecule has 8 nitrogen and oxygen atoms in total. The van der Waals surface area contributed by atoms with Gasteiger partial charge in [0.2, 0.25) is 5.43 Å². The smallest absolute Gasteiger partial charge is 0.259 e. The summed E-state index contributed by atoms with van der Waals surface area (Å²) in [5.41, 5.74) is 1.48. The van der Waals surface area contributed by atoms with Gasteiger partial charge in [0.15, 0.2) is 0 Å². The van der Waals surface area contributed by atoms with Crippen LogP contribution in [0.1, 0.15) is 78.3 Å². The Morgan fingerprint density at radius 2 is 1.69 bits per heavy atom. The van der Waals surface area contributed by atoms with Crippen LogP contribution in [0.5, 0.6) is 0 Å². The van der Waals surface area contributed by atoms with Crippen molar-refractivity contribution in [3.8, 4) is 5.69 Å². The molecule has 0 saturated carbocycles. The van der Waals surface area contributed by atoms with E-state index in [9.17, 15) is 14.4 Å². The lowest BCUT2D eigenvalue weighted by molar-refractivity contribution is 0.0758. The lowest BCUT2D eigenvalue weighted by Crippen LogP contribution is -2.38. The largest absolute Gasteiger partial charge is 0.350 e. The molecule has 1 aliphatic heterocycles. The molecule has 1 atom stereocenters. The van der Waals surface area contributed by atoms with Crippen molar-refractivity contribution in [2.24, 2.45) is 0 Å². The van der Waals surface area contributed by atoms with E-state index in [2.05, 4.69) is 5.10 Å². The molecule has 4 rings (SSSR count). The molecule has 8 heteroatoms. The summed E-state index contributed by atoms with van der Waals surface area (Å²) < 4.78 is 3.61. The fourth-order valence-electron chi connectivity index (χ4n) is 4.54. The van der Waals surface area contributed by atoms with E-state index < -0.39 is 11.3 Å². The number of hydrogen-bond acceptors (Lipinski definition) is 4.